The Kier molecular flexibility index (Phi) is 6.84. The van der Waals surface area contributed by atoms with Gasteiger partial charge >= 0.3 is 12.1 Å². The standard InChI is InChI=1S/C26H23ClN2O5/c1-29(11-10-24(30)31)25(32)16-12-17(27)14-18(13-16)28-26(33)34-15-23-21-8-4-2-6-19(21)20-7-3-5-9-22(20)23/h2-9,12-14,23H,10-11,15H2,1H3,(H,28,33)(H,30,31). The maximum atomic E-state index is 12.6. The van der Waals surface area contributed by atoms with Crippen LogP contribution in [0.3, 0.4) is 0 Å². The van der Waals surface area contributed by atoms with Crippen molar-refractivity contribution in [2.24, 2.45) is 0 Å². The van der Waals surface area contributed by atoms with E-state index in [-0.39, 0.29) is 36.1 Å². The molecule has 0 bridgehead atoms. The quantitative estimate of drug-likeness (QED) is 0.483. The van der Waals surface area contributed by atoms with E-state index < -0.39 is 18.0 Å². The summed E-state index contributed by atoms with van der Waals surface area (Å²) in [5.74, 6) is -1.47. The number of carbonyl (C=O) groups is 3. The third kappa shape index (κ3) is 5.05. The van der Waals surface area contributed by atoms with Crippen LogP contribution in [0.4, 0.5) is 10.5 Å². The van der Waals surface area contributed by atoms with Crippen LogP contribution in [0.2, 0.25) is 5.02 Å². The van der Waals surface area contributed by atoms with Gasteiger partial charge in [0, 0.05) is 35.8 Å². The number of carbonyl (C=O) groups excluding carboxylic acids is 2. The first kappa shape index (κ1) is 23.3. The highest BCUT2D eigenvalue weighted by Gasteiger charge is 2.29. The van der Waals surface area contributed by atoms with E-state index in [1.54, 1.807) is 0 Å². The van der Waals surface area contributed by atoms with Gasteiger partial charge < -0.3 is 14.7 Å². The number of fused-ring (bicyclic) bond motifs is 3. The van der Waals surface area contributed by atoms with E-state index in [0.717, 1.165) is 22.3 Å². The highest BCUT2D eigenvalue weighted by Crippen LogP contribution is 2.44. The van der Waals surface area contributed by atoms with E-state index in [2.05, 4.69) is 17.4 Å². The second kappa shape index (κ2) is 9.97. The third-order valence-electron chi connectivity index (χ3n) is 5.74. The van der Waals surface area contributed by atoms with E-state index in [0.29, 0.717) is 5.69 Å². The molecule has 2 amide bonds. The Hall–Kier alpha value is -3.84. The Morgan fingerprint density at radius 1 is 1.00 bits per heavy atom. The molecule has 3 aromatic rings. The van der Waals surface area contributed by atoms with Crippen LogP contribution in [-0.2, 0) is 9.53 Å². The van der Waals surface area contributed by atoms with Crippen LogP contribution in [0, 0.1) is 0 Å². The molecule has 0 aliphatic heterocycles. The summed E-state index contributed by atoms with van der Waals surface area (Å²) in [4.78, 5) is 37.2. The van der Waals surface area contributed by atoms with E-state index in [1.807, 2.05) is 36.4 Å². The minimum atomic E-state index is -0.997. The normalized spacial score (nSPS) is 11.9. The summed E-state index contributed by atoms with van der Waals surface area (Å²) >= 11 is 6.15. The number of hydrogen-bond acceptors (Lipinski definition) is 4. The number of amides is 2. The number of halogens is 1. The first-order valence-corrected chi connectivity index (χ1v) is 11.1. The van der Waals surface area contributed by atoms with Crippen LogP contribution in [0.1, 0.15) is 33.8 Å². The zero-order valence-electron chi connectivity index (χ0n) is 18.5. The Labute approximate surface area is 201 Å². The molecule has 2 N–H and O–H groups in total. The zero-order valence-corrected chi connectivity index (χ0v) is 19.2. The van der Waals surface area contributed by atoms with Gasteiger partial charge in [-0.3, -0.25) is 14.9 Å². The largest absolute Gasteiger partial charge is 0.481 e. The van der Waals surface area contributed by atoms with Crippen molar-refractivity contribution in [3.8, 4) is 11.1 Å². The number of carboxylic acid groups (broad SMARTS) is 1. The van der Waals surface area contributed by atoms with Gasteiger partial charge in [-0.15, -0.1) is 0 Å². The number of carboxylic acids is 1. The van der Waals surface area contributed by atoms with Gasteiger partial charge in [-0.2, -0.15) is 0 Å². The number of nitrogens with zero attached hydrogens (tertiary/aromatic N) is 1. The van der Waals surface area contributed by atoms with Crippen molar-refractivity contribution >= 4 is 35.3 Å². The molecule has 0 heterocycles. The molecular weight excluding hydrogens is 456 g/mol. The van der Waals surface area contributed by atoms with Crippen molar-refractivity contribution < 1.29 is 24.2 Å². The van der Waals surface area contributed by atoms with Crippen molar-refractivity contribution in [2.45, 2.75) is 12.3 Å². The highest BCUT2D eigenvalue weighted by molar-refractivity contribution is 6.31. The fourth-order valence-corrected chi connectivity index (χ4v) is 4.36. The molecule has 0 atom stereocenters. The Morgan fingerprint density at radius 3 is 2.24 bits per heavy atom. The number of nitrogens with one attached hydrogen (secondary N) is 1. The molecule has 3 aromatic carbocycles. The minimum absolute atomic E-state index is 0.0514. The molecule has 0 radical (unpaired) electrons. The number of rotatable bonds is 7. The molecule has 0 aromatic heterocycles. The average molecular weight is 479 g/mol. The van der Waals surface area contributed by atoms with Crippen molar-refractivity contribution in [1.82, 2.24) is 4.90 Å². The lowest BCUT2D eigenvalue weighted by molar-refractivity contribution is -0.137. The van der Waals surface area contributed by atoms with Gasteiger partial charge in [-0.05, 0) is 40.5 Å². The molecule has 0 fully saturated rings. The summed E-state index contributed by atoms with van der Waals surface area (Å²) in [6.45, 7) is 0.208. The van der Waals surface area contributed by atoms with Crippen LogP contribution in [0.5, 0.6) is 0 Å². The van der Waals surface area contributed by atoms with Gasteiger partial charge in [-0.1, -0.05) is 60.1 Å². The average Bonchev–Trinajstić information content (AvgIpc) is 3.14. The first-order chi connectivity index (χ1) is 16.3. The third-order valence-corrected chi connectivity index (χ3v) is 5.96. The van der Waals surface area contributed by atoms with Crippen LogP contribution in [-0.4, -0.2) is 48.2 Å². The Bertz CT molecular complexity index is 1210. The topological polar surface area (TPSA) is 95.9 Å². The van der Waals surface area contributed by atoms with Crippen LogP contribution in [0.25, 0.3) is 11.1 Å². The van der Waals surface area contributed by atoms with Gasteiger partial charge in [0.2, 0.25) is 0 Å². The summed E-state index contributed by atoms with van der Waals surface area (Å²) in [7, 11) is 1.50. The predicted molar refractivity (Wildman–Crippen MR) is 129 cm³/mol. The fourth-order valence-electron chi connectivity index (χ4n) is 4.12. The predicted octanol–water partition coefficient (Wildman–Crippen LogP) is 5.25. The van der Waals surface area contributed by atoms with Gasteiger partial charge in [-0.25, -0.2) is 4.79 Å². The lowest BCUT2D eigenvalue weighted by Gasteiger charge is -2.17. The summed E-state index contributed by atoms with van der Waals surface area (Å²) in [6.07, 6.45) is -0.838. The molecule has 34 heavy (non-hydrogen) atoms. The molecule has 1 aliphatic rings. The Morgan fingerprint density at radius 2 is 1.62 bits per heavy atom. The second-order valence-electron chi connectivity index (χ2n) is 8.05. The van der Waals surface area contributed by atoms with Crippen molar-refractivity contribution in [2.75, 3.05) is 25.5 Å². The van der Waals surface area contributed by atoms with Crippen molar-refractivity contribution in [3.63, 3.8) is 0 Å². The molecule has 0 unspecified atom stereocenters. The summed E-state index contributed by atoms with van der Waals surface area (Å²) < 4.78 is 5.54. The maximum Gasteiger partial charge on any atom is 0.411 e. The molecule has 8 heteroatoms. The van der Waals surface area contributed by atoms with Gasteiger partial charge in [0.1, 0.15) is 6.61 Å². The monoisotopic (exact) mass is 478 g/mol. The summed E-state index contributed by atoms with van der Waals surface area (Å²) in [6, 6.07) is 20.6. The number of benzene rings is 3. The molecule has 7 nitrogen and oxygen atoms in total. The number of ether oxygens (including phenoxy) is 1. The number of anilines is 1. The number of hydrogen-bond donors (Lipinski definition) is 2. The van der Waals surface area contributed by atoms with Crippen LogP contribution < -0.4 is 5.32 Å². The smallest absolute Gasteiger partial charge is 0.411 e. The Balaban J connectivity index is 1.43. The molecule has 4 rings (SSSR count). The minimum Gasteiger partial charge on any atom is -0.481 e. The molecule has 0 saturated carbocycles. The molecule has 174 valence electrons. The van der Waals surface area contributed by atoms with E-state index in [1.165, 1.54) is 30.1 Å². The fraction of sp³-hybridized carbons (Fsp3) is 0.192. The molecule has 0 spiro atoms. The van der Waals surface area contributed by atoms with E-state index in [4.69, 9.17) is 21.4 Å². The van der Waals surface area contributed by atoms with Gasteiger partial charge in [0.25, 0.3) is 5.91 Å². The SMILES string of the molecule is CN(CCC(=O)O)C(=O)c1cc(Cl)cc(NC(=O)OCC2c3ccccc3-c3ccccc32)c1. The van der Waals surface area contributed by atoms with Crippen LogP contribution >= 0.6 is 11.6 Å². The number of aliphatic carboxylic acids is 1. The van der Waals surface area contributed by atoms with Crippen LogP contribution in [0.15, 0.2) is 66.7 Å². The molecule has 0 saturated heterocycles. The summed E-state index contributed by atoms with van der Waals surface area (Å²) in [5, 5.41) is 11.7. The van der Waals surface area contributed by atoms with Gasteiger partial charge in [0.15, 0.2) is 0 Å². The van der Waals surface area contributed by atoms with Crippen molar-refractivity contribution in [3.05, 3.63) is 88.4 Å². The van der Waals surface area contributed by atoms with E-state index >= 15 is 0 Å². The lowest BCUT2D eigenvalue weighted by Crippen LogP contribution is -2.29. The van der Waals surface area contributed by atoms with Crippen molar-refractivity contribution in [1.29, 1.82) is 0 Å². The molecule has 1 aliphatic carbocycles. The highest BCUT2D eigenvalue weighted by atomic mass is 35.5. The van der Waals surface area contributed by atoms with E-state index in [9.17, 15) is 14.4 Å². The molecular formula is C26H23ClN2O5. The summed E-state index contributed by atoms with van der Waals surface area (Å²) in [5.41, 5.74) is 5.02. The first-order valence-electron chi connectivity index (χ1n) is 10.7. The maximum absolute atomic E-state index is 12.6. The van der Waals surface area contributed by atoms with Gasteiger partial charge in [0.05, 0.1) is 6.42 Å². The lowest BCUT2D eigenvalue weighted by atomic mass is 9.98. The zero-order chi connectivity index (χ0) is 24.2. The second-order valence-corrected chi connectivity index (χ2v) is 8.49.